The first-order chi connectivity index (χ1) is 11.7. The molecule has 2 heterocycles. The van der Waals surface area contributed by atoms with Gasteiger partial charge in [-0.2, -0.15) is 0 Å². The van der Waals surface area contributed by atoms with Crippen LogP contribution in [0.3, 0.4) is 0 Å². The number of nitrogens with zero attached hydrogens (tertiary/aromatic N) is 2. The standard InChI is InChI=1S/C15H16ClN5O3S/c1-15(2,3)24-14(23)21-12-17-9-4-7(16)8(5-10(9)18-12)19-13-20-11(22)6-25-13/h4-5H,6H2,1-3H3,(H,19,20,22)(H2,17,18,21,23). The highest BCUT2D eigenvalue weighted by Gasteiger charge is 2.19. The number of fused-ring (bicyclic) bond motifs is 1. The van der Waals surface area contributed by atoms with Gasteiger partial charge < -0.3 is 15.0 Å². The number of aromatic amines is 1. The first-order valence-corrected chi connectivity index (χ1v) is 8.76. The minimum atomic E-state index is -0.608. The molecular weight excluding hydrogens is 366 g/mol. The third-order valence-electron chi connectivity index (χ3n) is 2.98. The highest BCUT2D eigenvalue weighted by atomic mass is 35.5. The van der Waals surface area contributed by atoms with Crippen LogP contribution in [0.5, 0.6) is 0 Å². The van der Waals surface area contributed by atoms with Crippen molar-refractivity contribution < 1.29 is 14.3 Å². The predicted molar refractivity (Wildman–Crippen MR) is 98.7 cm³/mol. The van der Waals surface area contributed by atoms with E-state index in [1.54, 1.807) is 32.9 Å². The molecule has 10 heteroatoms. The topological polar surface area (TPSA) is 108 Å². The van der Waals surface area contributed by atoms with Crippen molar-refractivity contribution in [3.63, 3.8) is 0 Å². The number of carbonyl (C=O) groups is 2. The SMILES string of the molecule is CC(C)(C)OC(=O)Nc1nc2cc(N=C3NC(=O)CS3)c(Cl)cc2[nH]1. The van der Waals surface area contributed by atoms with Gasteiger partial charge in [-0.1, -0.05) is 23.4 Å². The van der Waals surface area contributed by atoms with Gasteiger partial charge in [-0.3, -0.25) is 10.1 Å². The van der Waals surface area contributed by atoms with Gasteiger partial charge in [0.15, 0.2) is 5.17 Å². The number of hydrogen-bond acceptors (Lipinski definition) is 6. The first kappa shape index (κ1) is 17.6. The van der Waals surface area contributed by atoms with Crippen LogP contribution in [0.1, 0.15) is 20.8 Å². The summed E-state index contributed by atoms with van der Waals surface area (Å²) in [6, 6.07) is 3.33. The summed E-state index contributed by atoms with van der Waals surface area (Å²) in [4.78, 5) is 34.6. The number of amides is 2. The number of anilines is 1. The number of aromatic nitrogens is 2. The van der Waals surface area contributed by atoms with E-state index in [9.17, 15) is 9.59 Å². The molecule has 0 radical (unpaired) electrons. The number of halogens is 1. The van der Waals surface area contributed by atoms with Crippen molar-refractivity contribution in [3.05, 3.63) is 17.2 Å². The van der Waals surface area contributed by atoms with E-state index < -0.39 is 11.7 Å². The number of carbonyl (C=O) groups excluding carboxylic acids is 2. The number of H-pyrrole nitrogens is 1. The molecule has 0 aliphatic carbocycles. The van der Waals surface area contributed by atoms with Gasteiger partial charge in [0, 0.05) is 0 Å². The zero-order chi connectivity index (χ0) is 18.2. The Hall–Kier alpha value is -2.26. The van der Waals surface area contributed by atoms with Crippen LogP contribution in [0.4, 0.5) is 16.4 Å². The number of benzene rings is 1. The van der Waals surface area contributed by atoms with Crippen LogP contribution in [-0.4, -0.2) is 38.5 Å². The summed E-state index contributed by atoms with van der Waals surface area (Å²) in [6.07, 6.45) is -0.608. The van der Waals surface area contributed by atoms with Gasteiger partial charge in [-0.05, 0) is 32.9 Å². The van der Waals surface area contributed by atoms with E-state index in [1.165, 1.54) is 11.8 Å². The van der Waals surface area contributed by atoms with Crippen molar-refractivity contribution in [2.75, 3.05) is 11.1 Å². The number of ether oxygens (including phenoxy) is 1. The third-order valence-corrected chi connectivity index (χ3v) is 4.15. The highest BCUT2D eigenvalue weighted by molar-refractivity contribution is 8.15. The Morgan fingerprint density at radius 3 is 2.84 bits per heavy atom. The average molecular weight is 382 g/mol. The second-order valence-electron chi connectivity index (χ2n) is 6.29. The normalized spacial score (nSPS) is 16.3. The lowest BCUT2D eigenvalue weighted by atomic mass is 10.2. The van der Waals surface area contributed by atoms with Gasteiger partial charge in [-0.15, -0.1) is 0 Å². The van der Waals surface area contributed by atoms with E-state index in [0.717, 1.165) is 0 Å². The van der Waals surface area contributed by atoms with Crippen molar-refractivity contribution in [3.8, 4) is 0 Å². The minimum absolute atomic E-state index is 0.0930. The summed E-state index contributed by atoms with van der Waals surface area (Å²) in [7, 11) is 0. The van der Waals surface area contributed by atoms with E-state index in [0.29, 0.717) is 32.7 Å². The Balaban J connectivity index is 1.83. The van der Waals surface area contributed by atoms with Crippen molar-refractivity contribution in [1.29, 1.82) is 0 Å². The number of hydrogen-bond donors (Lipinski definition) is 3. The molecule has 0 bridgehead atoms. The second-order valence-corrected chi connectivity index (χ2v) is 7.66. The number of rotatable bonds is 2. The fourth-order valence-corrected chi connectivity index (χ4v) is 2.95. The summed E-state index contributed by atoms with van der Waals surface area (Å²) in [6.45, 7) is 5.32. The molecule has 2 aromatic rings. The molecule has 0 spiro atoms. The van der Waals surface area contributed by atoms with Crippen LogP contribution in [0.25, 0.3) is 11.0 Å². The Bertz CT molecular complexity index is 887. The largest absolute Gasteiger partial charge is 0.444 e. The van der Waals surface area contributed by atoms with Crippen molar-refractivity contribution in [1.82, 2.24) is 15.3 Å². The summed E-state index contributed by atoms with van der Waals surface area (Å²) < 4.78 is 5.18. The summed E-state index contributed by atoms with van der Waals surface area (Å²) in [5.74, 6) is 0.489. The molecule has 1 fully saturated rings. The number of thioether (sulfide) groups is 1. The lowest BCUT2D eigenvalue weighted by molar-refractivity contribution is -0.116. The van der Waals surface area contributed by atoms with Gasteiger partial charge in [0.05, 0.1) is 27.5 Å². The summed E-state index contributed by atoms with van der Waals surface area (Å²) >= 11 is 7.54. The number of amidine groups is 1. The third kappa shape index (κ3) is 4.43. The molecule has 1 aromatic heterocycles. The Morgan fingerprint density at radius 1 is 1.44 bits per heavy atom. The second kappa shape index (κ2) is 6.57. The van der Waals surface area contributed by atoms with Crippen LogP contribution >= 0.6 is 23.4 Å². The molecule has 1 saturated heterocycles. The van der Waals surface area contributed by atoms with Crippen molar-refractivity contribution in [2.45, 2.75) is 26.4 Å². The smallest absolute Gasteiger partial charge is 0.414 e. The summed E-state index contributed by atoms with van der Waals surface area (Å²) in [5, 5.41) is 6.07. The predicted octanol–water partition coefficient (Wildman–Crippen LogP) is 3.41. The fourth-order valence-electron chi connectivity index (χ4n) is 2.06. The van der Waals surface area contributed by atoms with Crippen LogP contribution in [0.15, 0.2) is 17.1 Å². The molecule has 0 atom stereocenters. The highest BCUT2D eigenvalue weighted by Crippen LogP contribution is 2.31. The van der Waals surface area contributed by atoms with E-state index in [1.807, 2.05) is 0 Å². The Labute approximate surface area is 152 Å². The molecule has 132 valence electrons. The van der Waals surface area contributed by atoms with E-state index in [2.05, 4.69) is 25.6 Å². The Morgan fingerprint density at radius 2 is 2.20 bits per heavy atom. The number of aliphatic imine (C=N–C) groups is 1. The lowest BCUT2D eigenvalue weighted by Crippen LogP contribution is -2.27. The molecule has 1 aromatic carbocycles. The molecule has 1 aliphatic rings. The molecule has 0 unspecified atom stereocenters. The average Bonchev–Trinajstić information content (AvgIpc) is 3.02. The van der Waals surface area contributed by atoms with Gasteiger partial charge in [0.25, 0.3) is 0 Å². The molecule has 2 amide bonds. The monoisotopic (exact) mass is 381 g/mol. The van der Waals surface area contributed by atoms with Gasteiger partial charge in [0.1, 0.15) is 5.60 Å². The Kier molecular flexibility index (Phi) is 4.61. The van der Waals surface area contributed by atoms with E-state index >= 15 is 0 Å². The van der Waals surface area contributed by atoms with Crippen LogP contribution in [0.2, 0.25) is 5.02 Å². The molecule has 3 N–H and O–H groups in total. The molecule has 0 saturated carbocycles. The number of nitrogens with one attached hydrogen (secondary N) is 3. The zero-order valence-corrected chi connectivity index (χ0v) is 15.3. The van der Waals surface area contributed by atoms with E-state index in [-0.39, 0.29) is 11.9 Å². The first-order valence-electron chi connectivity index (χ1n) is 7.40. The van der Waals surface area contributed by atoms with Crippen molar-refractivity contribution >= 4 is 63.2 Å². The van der Waals surface area contributed by atoms with Crippen LogP contribution in [0, 0.1) is 0 Å². The maximum absolute atomic E-state index is 11.8. The maximum Gasteiger partial charge on any atom is 0.414 e. The van der Waals surface area contributed by atoms with Crippen molar-refractivity contribution in [2.24, 2.45) is 4.99 Å². The zero-order valence-electron chi connectivity index (χ0n) is 13.8. The number of imidazole rings is 1. The summed E-state index contributed by atoms with van der Waals surface area (Å²) in [5.41, 5.74) is 1.09. The molecule has 25 heavy (non-hydrogen) atoms. The molecule has 1 aliphatic heterocycles. The van der Waals surface area contributed by atoms with Crippen LogP contribution < -0.4 is 10.6 Å². The molecule has 8 nitrogen and oxygen atoms in total. The fraction of sp³-hybridized carbons (Fsp3) is 0.333. The maximum atomic E-state index is 11.8. The van der Waals surface area contributed by atoms with E-state index in [4.69, 9.17) is 16.3 Å². The quantitative estimate of drug-likeness (QED) is 0.738. The molecule has 3 rings (SSSR count). The minimum Gasteiger partial charge on any atom is -0.444 e. The lowest BCUT2D eigenvalue weighted by Gasteiger charge is -2.18. The van der Waals surface area contributed by atoms with Gasteiger partial charge >= 0.3 is 6.09 Å². The van der Waals surface area contributed by atoms with Gasteiger partial charge in [-0.25, -0.2) is 14.8 Å². The molecular formula is C15H16ClN5O3S. The van der Waals surface area contributed by atoms with Gasteiger partial charge in [0.2, 0.25) is 11.9 Å². The van der Waals surface area contributed by atoms with Crippen LogP contribution in [-0.2, 0) is 9.53 Å².